The lowest BCUT2D eigenvalue weighted by atomic mass is 9.98. The highest BCUT2D eigenvalue weighted by Crippen LogP contribution is 2.44. The van der Waals surface area contributed by atoms with Crippen LogP contribution in [0.3, 0.4) is 0 Å². The van der Waals surface area contributed by atoms with Crippen LogP contribution in [0.1, 0.15) is 41.6 Å². The van der Waals surface area contributed by atoms with Gasteiger partial charge < -0.3 is 24.1 Å². The maximum atomic E-state index is 14.8. The lowest BCUT2D eigenvalue weighted by Gasteiger charge is -2.17. The second kappa shape index (κ2) is 8.61. The Morgan fingerprint density at radius 1 is 1.21 bits per heavy atom. The highest BCUT2D eigenvalue weighted by atomic mass is 19.1. The van der Waals surface area contributed by atoms with Gasteiger partial charge in [0.1, 0.15) is 34.9 Å². The summed E-state index contributed by atoms with van der Waals surface area (Å²) in [5, 5.41) is 9.07. The number of fused-ring (bicyclic) bond motifs is 2. The molecule has 1 N–H and O–H groups in total. The highest BCUT2D eigenvalue weighted by Gasteiger charge is 2.32. The Bertz CT molecular complexity index is 1200. The molecule has 170 valence electrons. The van der Waals surface area contributed by atoms with E-state index in [0.29, 0.717) is 53.9 Å². The van der Waals surface area contributed by atoms with Gasteiger partial charge in [-0.25, -0.2) is 9.37 Å². The van der Waals surface area contributed by atoms with Crippen molar-refractivity contribution in [1.82, 2.24) is 4.98 Å². The molecule has 0 fully saturated rings. The molecule has 1 aliphatic carbocycles. The molecule has 2 aliphatic rings. The second-order valence-electron chi connectivity index (χ2n) is 8.03. The zero-order valence-corrected chi connectivity index (χ0v) is 17.9. The van der Waals surface area contributed by atoms with Crippen LogP contribution in [0.5, 0.6) is 28.9 Å². The van der Waals surface area contributed by atoms with Crippen LogP contribution in [0.2, 0.25) is 0 Å². The van der Waals surface area contributed by atoms with Crippen LogP contribution in [-0.4, -0.2) is 29.8 Å². The molecule has 8 heteroatoms. The number of aliphatic carboxylic acids is 1. The Kier molecular flexibility index (Phi) is 5.50. The third-order valence-electron chi connectivity index (χ3n) is 5.95. The zero-order valence-electron chi connectivity index (χ0n) is 17.9. The number of hydrogen-bond donors (Lipinski definition) is 1. The van der Waals surface area contributed by atoms with Crippen molar-refractivity contribution in [2.45, 2.75) is 31.3 Å². The average molecular weight is 451 g/mol. The van der Waals surface area contributed by atoms with Gasteiger partial charge in [-0.2, -0.15) is 0 Å². The van der Waals surface area contributed by atoms with Crippen molar-refractivity contribution >= 4 is 5.97 Å². The predicted molar refractivity (Wildman–Crippen MR) is 116 cm³/mol. The van der Waals surface area contributed by atoms with E-state index >= 15 is 0 Å². The number of pyridine rings is 1. The maximum Gasteiger partial charge on any atom is 0.304 e. The number of nitrogens with zero attached hydrogens (tertiary/aromatic N) is 1. The van der Waals surface area contributed by atoms with Crippen molar-refractivity contribution in [2.24, 2.45) is 0 Å². The van der Waals surface area contributed by atoms with Crippen LogP contribution < -0.4 is 18.9 Å². The van der Waals surface area contributed by atoms with E-state index in [1.807, 2.05) is 6.07 Å². The monoisotopic (exact) mass is 451 g/mol. The number of ether oxygens (including phenoxy) is 4. The zero-order chi connectivity index (χ0) is 22.9. The first-order chi connectivity index (χ1) is 16.0. The predicted octanol–water partition coefficient (Wildman–Crippen LogP) is 5.04. The summed E-state index contributed by atoms with van der Waals surface area (Å²) < 4.78 is 37.6. The summed E-state index contributed by atoms with van der Waals surface area (Å²) in [5.74, 6) is 1.36. The molecule has 7 nitrogen and oxygen atoms in total. The van der Waals surface area contributed by atoms with E-state index in [0.717, 1.165) is 11.1 Å². The first kappa shape index (κ1) is 21.1. The van der Waals surface area contributed by atoms with Gasteiger partial charge in [0, 0.05) is 34.7 Å². The highest BCUT2D eigenvalue weighted by molar-refractivity contribution is 5.68. The lowest BCUT2D eigenvalue weighted by Crippen LogP contribution is -2.07. The van der Waals surface area contributed by atoms with Crippen LogP contribution in [0.4, 0.5) is 4.39 Å². The Morgan fingerprint density at radius 2 is 2.06 bits per heavy atom. The molecule has 0 spiro atoms. The van der Waals surface area contributed by atoms with Crippen LogP contribution in [0.15, 0.2) is 48.7 Å². The molecular formula is C25H22FNO6. The van der Waals surface area contributed by atoms with Crippen LogP contribution in [0, 0.1) is 5.82 Å². The minimum atomic E-state index is -0.863. The quantitative estimate of drug-likeness (QED) is 0.539. The largest absolute Gasteiger partial charge is 0.492 e. The summed E-state index contributed by atoms with van der Waals surface area (Å²) >= 11 is 0. The van der Waals surface area contributed by atoms with E-state index in [9.17, 15) is 9.18 Å². The Labute approximate surface area is 189 Å². The summed E-state index contributed by atoms with van der Waals surface area (Å²) in [4.78, 5) is 15.2. The number of halogens is 1. The minimum Gasteiger partial charge on any atom is -0.492 e. The van der Waals surface area contributed by atoms with E-state index in [4.69, 9.17) is 24.1 Å². The number of carboxylic acids is 1. The molecule has 2 heterocycles. The molecular weight excluding hydrogens is 429 g/mol. The van der Waals surface area contributed by atoms with Crippen LogP contribution in [-0.2, 0) is 11.2 Å². The molecule has 33 heavy (non-hydrogen) atoms. The molecule has 1 aliphatic heterocycles. The average Bonchev–Trinajstić information content (AvgIpc) is 3.41. The molecule has 2 atom stereocenters. The molecule has 1 aromatic heterocycles. The molecule has 2 aromatic carbocycles. The van der Waals surface area contributed by atoms with E-state index in [1.165, 1.54) is 13.2 Å². The SMILES string of the molecule is COc1ccc(Oc2ccc(F)c3c2CC[C@H]3Oc2ccc3c(c2)OC[C@H]3CC(=O)O)cn1. The molecule has 0 amide bonds. The van der Waals surface area contributed by atoms with Crippen molar-refractivity contribution in [3.05, 3.63) is 71.2 Å². The van der Waals surface area contributed by atoms with Crippen molar-refractivity contribution in [3.8, 4) is 28.9 Å². The smallest absolute Gasteiger partial charge is 0.304 e. The molecule has 3 aromatic rings. The number of aromatic nitrogens is 1. The number of rotatable bonds is 7. The van der Waals surface area contributed by atoms with E-state index in [-0.39, 0.29) is 18.2 Å². The number of methoxy groups -OCH3 is 1. The van der Waals surface area contributed by atoms with Gasteiger partial charge in [-0.05, 0) is 37.1 Å². The van der Waals surface area contributed by atoms with Gasteiger partial charge in [-0.1, -0.05) is 6.07 Å². The molecule has 0 saturated carbocycles. The van der Waals surface area contributed by atoms with Gasteiger partial charge in [-0.3, -0.25) is 4.79 Å². The maximum absolute atomic E-state index is 14.8. The second-order valence-corrected chi connectivity index (χ2v) is 8.03. The molecule has 5 rings (SSSR count). The standard InChI is InChI=1S/C25H22FNO6/c1-30-23-9-3-16(12-27-23)33-20-8-6-19(26)25-18(20)5-7-21(25)32-15-2-4-17-14(10-24(28)29)13-31-22(17)11-15/h2-4,6,8-9,11-12,14,21H,5,7,10,13H2,1H3,(H,28,29)/t14-,21-/m1/s1. The fourth-order valence-corrected chi connectivity index (χ4v) is 4.40. The topological polar surface area (TPSA) is 87.1 Å². The summed E-state index contributed by atoms with van der Waals surface area (Å²) in [6, 6.07) is 11.8. The van der Waals surface area contributed by atoms with E-state index < -0.39 is 12.1 Å². The van der Waals surface area contributed by atoms with E-state index in [2.05, 4.69) is 4.98 Å². The van der Waals surface area contributed by atoms with Gasteiger partial charge >= 0.3 is 5.97 Å². The first-order valence-electron chi connectivity index (χ1n) is 10.7. The normalized spacial score (nSPS) is 18.2. The summed E-state index contributed by atoms with van der Waals surface area (Å²) in [6.45, 7) is 0.326. The van der Waals surface area contributed by atoms with Crippen molar-refractivity contribution < 1.29 is 33.2 Å². The fourth-order valence-electron chi connectivity index (χ4n) is 4.40. The Morgan fingerprint density at radius 3 is 2.82 bits per heavy atom. The van der Waals surface area contributed by atoms with Gasteiger partial charge in [0.2, 0.25) is 5.88 Å². The molecule has 0 radical (unpaired) electrons. The number of carboxylic acid groups (broad SMARTS) is 1. The van der Waals surface area contributed by atoms with Crippen molar-refractivity contribution in [3.63, 3.8) is 0 Å². The number of hydrogen-bond acceptors (Lipinski definition) is 6. The van der Waals surface area contributed by atoms with Crippen molar-refractivity contribution in [1.29, 1.82) is 0 Å². The third kappa shape index (κ3) is 4.16. The van der Waals surface area contributed by atoms with E-state index in [1.54, 1.807) is 36.5 Å². The number of benzene rings is 2. The summed E-state index contributed by atoms with van der Waals surface area (Å²) in [7, 11) is 1.54. The summed E-state index contributed by atoms with van der Waals surface area (Å²) in [6.07, 6.45) is 2.32. The number of carbonyl (C=O) groups is 1. The van der Waals surface area contributed by atoms with Gasteiger partial charge in [-0.15, -0.1) is 0 Å². The first-order valence-corrected chi connectivity index (χ1v) is 10.7. The van der Waals surface area contributed by atoms with Crippen LogP contribution >= 0.6 is 0 Å². The van der Waals surface area contributed by atoms with Gasteiger partial charge in [0.05, 0.1) is 26.3 Å². The van der Waals surface area contributed by atoms with Crippen molar-refractivity contribution in [2.75, 3.05) is 13.7 Å². The molecule has 0 saturated heterocycles. The van der Waals surface area contributed by atoms with Crippen LogP contribution in [0.25, 0.3) is 0 Å². The Hall–Kier alpha value is -3.81. The van der Waals surface area contributed by atoms with Gasteiger partial charge in [0.15, 0.2) is 0 Å². The third-order valence-corrected chi connectivity index (χ3v) is 5.95. The summed E-state index contributed by atoms with van der Waals surface area (Å²) in [5.41, 5.74) is 2.11. The fraction of sp³-hybridized carbons (Fsp3) is 0.280. The van der Waals surface area contributed by atoms with Gasteiger partial charge in [0.25, 0.3) is 0 Å². The minimum absolute atomic E-state index is 0.0148. The molecule has 0 unspecified atom stereocenters. The Balaban J connectivity index is 1.36. The molecule has 0 bridgehead atoms. The lowest BCUT2D eigenvalue weighted by molar-refractivity contribution is -0.137.